The number of nitrogens with zero attached hydrogens (tertiary/aromatic N) is 1. The Kier molecular flexibility index (Phi) is 9.10. The van der Waals surface area contributed by atoms with Crippen molar-refractivity contribution in [2.45, 2.75) is 32.4 Å². The molecule has 0 aromatic heterocycles. The maximum absolute atomic E-state index is 12.0. The fraction of sp³-hybridized carbons (Fsp3) is 0.800. The molecule has 1 unspecified atom stereocenters. The van der Waals surface area contributed by atoms with Gasteiger partial charge in [0.05, 0.1) is 27.2 Å². The molecule has 0 saturated carbocycles. The van der Waals surface area contributed by atoms with Crippen LogP contribution >= 0.6 is 0 Å². The molecule has 0 spiro atoms. The lowest BCUT2D eigenvalue weighted by Gasteiger charge is -2.36. The van der Waals surface area contributed by atoms with E-state index in [4.69, 9.17) is 13.3 Å². The highest BCUT2D eigenvalue weighted by atomic mass is 28.4. The van der Waals surface area contributed by atoms with E-state index in [0.717, 1.165) is 24.0 Å². The van der Waals surface area contributed by atoms with Gasteiger partial charge in [-0.2, -0.15) is 0 Å². The summed E-state index contributed by atoms with van der Waals surface area (Å²) in [6.07, 6.45) is 1.82. The van der Waals surface area contributed by atoms with Crippen molar-refractivity contribution in [1.29, 1.82) is 0 Å². The summed E-state index contributed by atoms with van der Waals surface area (Å²) in [5.41, 5.74) is 0.157. The van der Waals surface area contributed by atoms with E-state index in [1.165, 1.54) is 0 Å². The van der Waals surface area contributed by atoms with E-state index in [2.05, 4.69) is 32.9 Å². The summed E-state index contributed by atoms with van der Waals surface area (Å²) in [5.74, 6) is -0.200. The van der Waals surface area contributed by atoms with Crippen LogP contribution in [0.2, 0.25) is 0 Å². The van der Waals surface area contributed by atoms with Gasteiger partial charge in [0.15, 0.2) is 0 Å². The van der Waals surface area contributed by atoms with E-state index >= 15 is 0 Å². The molecule has 0 radical (unpaired) electrons. The highest BCUT2D eigenvalue weighted by molar-refractivity contribution is 6.62. The summed E-state index contributed by atoms with van der Waals surface area (Å²) in [5, 5.41) is 2.96. The first-order chi connectivity index (χ1) is 10.2. The predicted octanol–water partition coefficient (Wildman–Crippen LogP) is 1.34. The van der Waals surface area contributed by atoms with Crippen molar-refractivity contribution in [3.8, 4) is 0 Å². The second kappa shape index (κ2) is 9.42. The smallest absolute Gasteiger partial charge is 0.376 e. The van der Waals surface area contributed by atoms with Gasteiger partial charge in [-0.15, -0.1) is 0 Å². The number of rotatable bonds is 11. The standard InChI is InChI=1S/C15H32N2O4Si/c1-9-11-17(4,5)12-10-14(16-15(18)13(2)3)22(19-6,20-7)21-8/h14H,2,9-12H2,1,3-8H3/p+1. The molecule has 7 heteroatoms. The van der Waals surface area contributed by atoms with Crippen LogP contribution in [0.1, 0.15) is 26.7 Å². The molecule has 1 amide bonds. The van der Waals surface area contributed by atoms with Crippen molar-refractivity contribution in [2.24, 2.45) is 0 Å². The fourth-order valence-corrected chi connectivity index (χ4v) is 4.64. The molecule has 130 valence electrons. The lowest BCUT2D eigenvalue weighted by molar-refractivity contribution is -0.890. The van der Waals surface area contributed by atoms with Crippen LogP contribution in [-0.4, -0.2) is 73.4 Å². The van der Waals surface area contributed by atoms with Gasteiger partial charge in [-0.05, 0) is 13.3 Å². The minimum Gasteiger partial charge on any atom is -0.376 e. The molecule has 0 aromatic carbocycles. The molecule has 1 N–H and O–H groups in total. The predicted molar refractivity (Wildman–Crippen MR) is 90.3 cm³/mol. The third-order valence-electron chi connectivity index (χ3n) is 3.83. The largest absolute Gasteiger partial charge is 0.523 e. The van der Waals surface area contributed by atoms with E-state index in [-0.39, 0.29) is 11.6 Å². The Hall–Kier alpha value is -0.733. The van der Waals surface area contributed by atoms with Crippen LogP contribution in [0.25, 0.3) is 0 Å². The number of hydrogen-bond acceptors (Lipinski definition) is 4. The summed E-state index contributed by atoms with van der Waals surface area (Å²) < 4.78 is 17.5. The van der Waals surface area contributed by atoms with Crippen LogP contribution in [0.15, 0.2) is 12.2 Å². The number of nitrogens with one attached hydrogen (secondary N) is 1. The minimum atomic E-state index is -2.96. The van der Waals surface area contributed by atoms with Crippen molar-refractivity contribution >= 4 is 14.7 Å². The van der Waals surface area contributed by atoms with Crippen molar-refractivity contribution in [1.82, 2.24) is 5.32 Å². The van der Waals surface area contributed by atoms with E-state index in [9.17, 15) is 4.79 Å². The van der Waals surface area contributed by atoms with Gasteiger partial charge in [0.1, 0.15) is 5.67 Å². The number of hydrogen-bond donors (Lipinski definition) is 1. The van der Waals surface area contributed by atoms with Gasteiger partial charge >= 0.3 is 8.80 Å². The lowest BCUT2D eigenvalue weighted by atomic mass is 10.3. The Labute approximate surface area is 136 Å². The number of amides is 1. The van der Waals surface area contributed by atoms with Crippen molar-refractivity contribution < 1.29 is 22.6 Å². The average Bonchev–Trinajstić information content (AvgIpc) is 2.46. The maximum atomic E-state index is 12.0. The molecule has 0 heterocycles. The summed E-state index contributed by atoms with van der Waals surface area (Å²) in [4.78, 5) is 12.0. The third-order valence-corrected chi connectivity index (χ3v) is 6.82. The van der Waals surface area contributed by atoms with Crippen molar-refractivity contribution in [2.75, 3.05) is 48.5 Å². The van der Waals surface area contributed by atoms with Crippen LogP contribution in [0.5, 0.6) is 0 Å². The molecular weight excluding hydrogens is 300 g/mol. The number of carbonyl (C=O) groups is 1. The van der Waals surface area contributed by atoms with Gasteiger partial charge in [-0.25, -0.2) is 0 Å². The molecule has 0 aliphatic heterocycles. The second-order valence-electron chi connectivity index (χ2n) is 6.19. The van der Waals surface area contributed by atoms with Gasteiger partial charge in [0, 0.05) is 33.3 Å². The molecule has 0 aliphatic carbocycles. The first kappa shape index (κ1) is 21.3. The van der Waals surface area contributed by atoms with E-state index in [1.807, 2.05) is 0 Å². The first-order valence-corrected chi connectivity index (χ1v) is 9.42. The molecule has 0 bridgehead atoms. The summed E-state index contributed by atoms with van der Waals surface area (Å²) in [6, 6.07) is 0. The zero-order valence-electron chi connectivity index (χ0n) is 15.2. The topological polar surface area (TPSA) is 56.8 Å². The molecule has 0 fully saturated rings. The zero-order chi connectivity index (χ0) is 17.4. The van der Waals surface area contributed by atoms with Crippen molar-refractivity contribution in [3.63, 3.8) is 0 Å². The third kappa shape index (κ3) is 6.17. The number of quaternary nitrogens is 1. The monoisotopic (exact) mass is 333 g/mol. The summed E-state index contributed by atoms with van der Waals surface area (Å²) >= 11 is 0. The van der Waals surface area contributed by atoms with Crippen LogP contribution in [0.3, 0.4) is 0 Å². The maximum Gasteiger partial charge on any atom is 0.523 e. The van der Waals surface area contributed by atoms with Gasteiger partial charge in [-0.1, -0.05) is 13.5 Å². The Morgan fingerprint density at radius 1 is 1.18 bits per heavy atom. The Bertz CT molecular complexity index is 362. The van der Waals surface area contributed by atoms with Crippen LogP contribution < -0.4 is 5.32 Å². The second-order valence-corrected chi connectivity index (χ2v) is 9.32. The molecule has 0 saturated heterocycles. The Balaban J connectivity index is 5.16. The first-order valence-electron chi connectivity index (χ1n) is 7.61. The summed E-state index contributed by atoms with van der Waals surface area (Å²) in [6.45, 7) is 9.49. The molecule has 0 rings (SSSR count). The molecule has 6 nitrogen and oxygen atoms in total. The van der Waals surface area contributed by atoms with E-state index in [1.54, 1.807) is 28.3 Å². The molecule has 22 heavy (non-hydrogen) atoms. The van der Waals surface area contributed by atoms with E-state index in [0.29, 0.717) is 12.0 Å². The molecule has 1 atom stereocenters. The Morgan fingerprint density at radius 2 is 1.68 bits per heavy atom. The van der Waals surface area contributed by atoms with Gasteiger partial charge < -0.3 is 23.1 Å². The lowest BCUT2D eigenvalue weighted by Crippen LogP contribution is -2.63. The summed E-state index contributed by atoms with van der Waals surface area (Å²) in [7, 11) is 6.08. The highest BCUT2D eigenvalue weighted by Gasteiger charge is 2.49. The normalized spacial score (nSPS) is 13.8. The number of carbonyl (C=O) groups excluding carboxylic acids is 1. The molecule has 0 aliphatic rings. The van der Waals surface area contributed by atoms with Crippen LogP contribution in [0.4, 0.5) is 0 Å². The van der Waals surface area contributed by atoms with Gasteiger partial charge in [-0.3, -0.25) is 4.79 Å². The minimum absolute atomic E-state index is 0.200. The molecule has 0 aromatic rings. The van der Waals surface area contributed by atoms with Crippen LogP contribution in [-0.2, 0) is 18.1 Å². The van der Waals surface area contributed by atoms with Gasteiger partial charge in [0.2, 0.25) is 5.91 Å². The van der Waals surface area contributed by atoms with Gasteiger partial charge in [0.25, 0.3) is 0 Å². The van der Waals surface area contributed by atoms with Crippen molar-refractivity contribution in [3.05, 3.63) is 12.2 Å². The highest BCUT2D eigenvalue weighted by Crippen LogP contribution is 2.17. The zero-order valence-corrected chi connectivity index (χ0v) is 16.2. The quantitative estimate of drug-likeness (QED) is 0.352. The average molecular weight is 334 g/mol. The van der Waals surface area contributed by atoms with Crippen LogP contribution in [0, 0.1) is 0 Å². The molecular formula is C15H33N2O4Si+. The SMILES string of the molecule is C=C(C)C(=O)NC(CC[N+](C)(C)CCC)[Si](OC)(OC)OC. The Morgan fingerprint density at radius 3 is 2.05 bits per heavy atom. The fourth-order valence-electron chi connectivity index (χ4n) is 2.49. The van der Waals surface area contributed by atoms with E-state index < -0.39 is 8.80 Å².